The number of aliphatic hydroxyl groups excluding tert-OH is 1. The number of aromatic nitrogens is 6. The first kappa shape index (κ1) is 54.0. The molecular formula is C38H51N13O18P2. The molecule has 0 aliphatic carbocycles. The van der Waals surface area contributed by atoms with Crippen LogP contribution in [0.4, 0.5) is 26.9 Å². The van der Waals surface area contributed by atoms with Crippen LogP contribution >= 0.6 is 15.6 Å². The number of nitrogens with two attached hydrogens (primary N) is 2. The molecule has 1 aromatic carbocycles. The normalized spacial score (nSPS) is 22.5. The van der Waals surface area contributed by atoms with Crippen molar-refractivity contribution in [3.63, 3.8) is 0 Å². The van der Waals surface area contributed by atoms with Crippen LogP contribution in [-0.2, 0) is 57.8 Å². The maximum atomic E-state index is 14.1. The standard InChI is InChI=1S/C38H51N13O18P2/c1-38(2,3)68-37(56)46-22(10-6-7-12-42-36(55)62-15-20-8-4-5-9-21(20)48-49-41)34(53)67-30-25(66-33(29(30)52)51-19-45-28-31(40)43-18-44-32(28)51)17-64-71(60,61)69-23-14-27(50-13-11-26(39)47-35(50)54)65-24(23)16-63-70(57,58)59/h4-5,8-9,11,13,18-19,22-25,27,29-30,33,52H,6-7,10,12,14-17H2,1-3H3,(H,42,55)(H,46,56)(H,60,61)(H2,39,47,54)(H2,40,43,44)(H2,57,58,59)/t22-,23-,24+,25+,27+,29+,30+,33+/m0/s1. The van der Waals surface area contributed by atoms with Crippen LogP contribution in [0.1, 0.15) is 64.5 Å². The fourth-order valence-corrected chi connectivity index (χ4v) is 8.46. The van der Waals surface area contributed by atoms with E-state index in [4.69, 9.17) is 49.7 Å². The molecule has 2 aliphatic heterocycles. The van der Waals surface area contributed by atoms with Crippen LogP contribution < -0.4 is 27.8 Å². The van der Waals surface area contributed by atoms with E-state index in [0.29, 0.717) is 5.56 Å². The van der Waals surface area contributed by atoms with Gasteiger partial charge in [-0.25, -0.2) is 43.3 Å². The molecule has 33 heteroatoms. The number of nitrogens with one attached hydrogen (secondary N) is 2. The van der Waals surface area contributed by atoms with Crippen molar-refractivity contribution < 1.29 is 80.6 Å². The Kier molecular flexibility index (Phi) is 17.7. The van der Waals surface area contributed by atoms with E-state index in [1.54, 1.807) is 45.0 Å². The maximum absolute atomic E-state index is 14.1. The third-order valence-corrected chi connectivity index (χ3v) is 11.8. The van der Waals surface area contributed by atoms with Gasteiger partial charge >= 0.3 is 39.5 Å². The van der Waals surface area contributed by atoms with E-state index in [9.17, 15) is 48.1 Å². The molecule has 2 saturated heterocycles. The number of alkyl carbamates (subject to hydrolysis) is 2. The predicted molar refractivity (Wildman–Crippen MR) is 240 cm³/mol. The summed E-state index contributed by atoms with van der Waals surface area (Å²) < 4.78 is 70.9. The highest BCUT2D eigenvalue weighted by Crippen LogP contribution is 2.50. The predicted octanol–water partition coefficient (Wildman–Crippen LogP) is 2.25. The Morgan fingerprint density at radius 2 is 1.76 bits per heavy atom. The number of hydrogen-bond acceptors (Lipinski definition) is 22. The molecule has 71 heavy (non-hydrogen) atoms. The molecule has 5 heterocycles. The topological polar surface area (TPSA) is 443 Å². The highest BCUT2D eigenvalue weighted by atomic mass is 31.2. The molecule has 2 fully saturated rings. The molecule has 0 spiro atoms. The average Bonchev–Trinajstić information content (AvgIpc) is 3.98. The molecule has 0 saturated carbocycles. The summed E-state index contributed by atoms with van der Waals surface area (Å²) >= 11 is 0. The Morgan fingerprint density at radius 1 is 1.01 bits per heavy atom. The van der Waals surface area contributed by atoms with Crippen molar-refractivity contribution in [2.24, 2.45) is 5.11 Å². The molecular weight excluding hydrogens is 988 g/mol. The highest BCUT2D eigenvalue weighted by Gasteiger charge is 2.50. The van der Waals surface area contributed by atoms with Gasteiger partial charge in [-0.3, -0.25) is 22.7 Å². The smallest absolute Gasteiger partial charge is 0.455 e. The summed E-state index contributed by atoms with van der Waals surface area (Å²) in [6.45, 7) is 2.80. The molecule has 4 aromatic rings. The number of benzene rings is 1. The zero-order chi connectivity index (χ0) is 51.7. The van der Waals surface area contributed by atoms with Crippen LogP contribution in [0, 0.1) is 0 Å². The Balaban J connectivity index is 1.16. The Labute approximate surface area is 401 Å². The van der Waals surface area contributed by atoms with Crippen LogP contribution in [0.25, 0.3) is 21.6 Å². The van der Waals surface area contributed by atoms with Crippen molar-refractivity contribution in [1.29, 1.82) is 0 Å². The minimum atomic E-state index is -5.29. The van der Waals surface area contributed by atoms with Gasteiger partial charge in [-0.15, -0.1) is 0 Å². The number of carbonyl (C=O) groups is 3. The molecule has 2 aliphatic rings. The number of azide groups is 1. The Bertz CT molecular complexity index is 2750. The highest BCUT2D eigenvalue weighted by molar-refractivity contribution is 7.47. The lowest BCUT2D eigenvalue weighted by Gasteiger charge is -2.26. The molecule has 10 N–H and O–H groups in total. The van der Waals surface area contributed by atoms with E-state index in [2.05, 4.69) is 45.1 Å². The van der Waals surface area contributed by atoms with E-state index in [1.807, 2.05) is 0 Å². The molecule has 31 nitrogen and oxygen atoms in total. The SMILES string of the molecule is CC(C)(C)OC(=O)N[C@@H](CCCCNC(=O)OCc1ccccc1N=[N+]=[N-])C(=O)O[C@H]1[C@@H](O)[C@H](n2cnc3c(N)ncnc32)O[C@@H]1COP(=O)(O)O[C@H]1C[C@H](n2ccc(N)nc2=O)O[C@@H]1COP(=O)(O)O. The minimum Gasteiger partial charge on any atom is -0.455 e. The van der Waals surface area contributed by atoms with Gasteiger partial charge in [0.25, 0.3) is 0 Å². The van der Waals surface area contributed by atoms with Gasteiger partial charge in [0, 0.05) is 29.8 Å². The summed E-state index contributed by atoms with van der Waals surface area (Å²) in [7, 11) is -10.4. The van der Waals surface area contributed by atoms with Crippen molar-refractivity contribution >= 4 is 62.3 Å². The second kappa shape index (κ2) is 23.3. The van der Waals surface area contributed by atoms with Gasteiger partial charge < -0.3 is 65.6 Å². The summed E-state index contributed by atoms with van der Waals surface area (Å²) in [6, 6.07) is 6.30. The van der Waals surface area contributed by atoms with Crippen LogP contribution in [0.5, 0.6) is 0 Å². The maximum Gasteiger partial charge on any atom is 0.472 e. The van der Waals surface area contributed by atoms with E-state index >= 15 is 0 Å². The van der Waals surface area contributed by atoms with E-state index < -0.39 is 107 Å². The number of anilines is 2. The number of amides is 2. The number of hydrogen-bond donors (Lipinski definition) is 8. The third-order valence-electron chi connectivity index (χ3n) is 10.3. The number of carbonyl (C=O) groups excluding carboxylic acids is 3. The van der Waals surface area contributed by atoms with Gasteiger partial charge in [-0.05, 0) is 57.2 Å². The van der Waals surface area contributed by atoms with Crippen LogP contribution in [0.15, 0.2) is 59.1 Å². The van der Waals surface area contributed by atoms with Crippen molar-refractivity contribution in [3.8, 4) is 0 Å². The fourth-order valence-electron chi connectivity index (χ4n) is 7.15. The zero-order valence-corrected chi connectivity index (χ0v) is 39.8. The second-order valence-corrected chi connectivity index (χ2v) is 19.3. The van der Waals surface area contributed by atoms with E-state index in [0.717, 1.165) is 10.9 Å². The largest absolute Gasteiger partial charge is 0.472 e. The number of aliphatic hydroxyl groups is 1. The molecule has 0 radical (unpaired) electrons. The first-order valence-corrected chi connectivity index (χ1v) is 24.4. The quantitative estimate of drug-likeness (QED) is 0.0113. The summed E-state index contributed by atoms with van der Waals surface area (Å²) in [5.41, 5.74) is 19.4. The minimum absolute atomic E-state index is 0.0289. The summed E-state index contributed by atoms with van der Waals surface area (Å²) in [5, 5.41) is 20.4. The summed E-state index contributed by atoms with van der Waals surface area (Å²) in [5.74, 6) is -1.28. The zero-order valence-electron chi connectivity index (χ0n) is 38.0. The summed E-state index contributed by atoms with van der Waals surface area (Å²) in [4.78, 5) is 100. The number of esters is 1. The number of phosphoric ester groups is 2. The monoisotopic (exact) mass is 1040 g/mol. The van der Waals surface area contributed by atoms with Crippen LogP contribution in [0.2, 0.25) is 0 Å². The summed E-state index contributed by atoms with van der Waals surface area (Å²) in [6.07, 6.45) is -9.24. The number of ether oxygens (including phenoxy) is 5. The van der Waals surface area contributed by atoms with Crippen molar-refractivity contribution in [1.82, 2.24) is 39.7 Å². The number of unbranched alkanes of at least 4 members (excludes halogenated alkanes) is 1. The third kappa shape index (κ3) is 15.1. The number of imidazole rings is 1. The van der Waals surface area contributed by atoms with Gasteiger partial charge in [0.05, 0.1) is 19.5 Å². The van der Waals surface area contributed by atoms with E-state index in [-0.39, 0.29) is 67.3 Å². The molecule has 1 unspecified atom stereocenters. The lowest BCUT2D eigenvalue weighted by atomic mass is 10.1. The molecule has 2 amide bonds. The molecule has 9 atom stereocenters. The molecule has 6 rings (SSSR count). The number of fused-ring (bicyclic) bond motifs is 1. The van der Waals surface area contributed by atoms with Crippen molar-refractivity contribution in [2.45, 2.75) is 108 Å². The molecule has 0 bridgehead atoms. The van der Waals surface area contributed by atoms with Gasteiger partial charge in [-0.1, -0.05) is 29.4 Å². The van der Waals surface area contributed by atoms with Crippen molar-refractivity contribution in [2.75, 3.05) is 31.2 Å². The Morgan fingerprint density at radius 3 is 2.48 bits per heavy atom. The lowest BCUT2D eigenvalue weighted by molar-refractivity contribution is -0.159. The number of nitrogens with zero attached hydrogens (tertiary/aromatic N) is 9. The average molecular weight is 1040 g/mol. The second-order valence-electron chi connectivity index (χ2n) is 16.7. The fraction of sp³-hybridized carbons (Fsp3) is 0.526. The van der Waals surface area contributed by atoms with Crippen molar-refractivity contribution in [3.05, 3.63) is 75.7 Å². The number of nitrogen functional groups attached to an aromatic ring is 2. The van der Waals surface area contributed by atoms with E-state index in [1.165, 1.54) is 23.2 Å². The first-order chi connectivity index (χ1) is 33.5. The lowest BCUT2D eigenvalue weighted by Crippen LogP contribution is -2.47. The van der Waals surface area contributed by atoms with Crippen LogP contribution in [0.3, 0.4) is 0 Å². The van der Waals surface area contributed by atoms with Gasteiger partial charge in [0.2, 0.25) is 0 Å². The molecule has 386 valence electrons. The van der Waals surface area contributed by atoms with Gasteiger partial charge in [-0.2, -0.15) is 4.98 Å². The number of phosphoric acid groups is 2. The van der Waals surface area contributed by atoms with Gasteiger partial charge in [0.1, 0.15) is 66.6 Å². The van der Waals surface area contributed by atoms with Crippen LogP contribution in [-0.4, -0.2) is 129 Å². The first-order valence-electron chi connectivity index (χ1n) is 21.4. The van der Waals surface area contributed by atoms with Gasteiger partial charge in [0.15, 0.2) is 23.8 Å². The number of rotatable bonds is 21. The Hall–Kier alpha value is -6.33. The molecule has 3 aromatic heterocycles.